The van der Waals surface area contributed by atoms with E-state index in [0.29, 0.717) is 13.2 Å². The Morgan fingerprint density at radius 3 is 1.85 bits per heavy atom. The van der Waals surface area contributed by atoms with Crippen LogP contribution in [-0.4, -0.2) is 19.3 Å². The van der Waals surface area contributed by atoms with Crippen molar-refractivity contribution >= 4 is 0 Å². The SMILES string of the molecule is CCCCCC1CCC(c2ccc(-c3ccc([C@H]4CO[C@H](CCCC)CO4)cc3)cc2)CC1. The van der Waals surface area contributed by atoms with Crippen LogP contribution in [0.2, 0.25) is 0 Å². The molecule has 1 saturated heterocycles. The fourth-order valence-electron chi connectivity index (χ4n) is 5.64. The Labute approximate surface area is 202 Å². The molecule has 2 aromatic rings. The summed E-state index contributed by atoms with van der Waals surface area (Å²) in [5, 5.41) is 0. The van der Waals surface area contributed by atoms with Gasteiger partial charge in [-0.1, -0.05) is 101 Å². The minimum absolute atomic E-state index is 0.0661. The minimum Gasteiger partial charge on any atom is -0.373 e. The molecule has 1 saturated carbocycles. The van der Waals surface area contributed by atoms with E-state index in [1.165, 1.54) is 86.5 Å². The molecule has 2 aliphatic rings. The molecule has 33 heavy (non-hydrogen) atoms. The summed E-state index contributed by atoms with van der Waals surface area (Å²) in [6.07, 6.45) is 15.1. The van der Waals surface area contributed by atoms with E-state index in [4.69, 9.17) is 9.47 Å². The normalized spacial score (nSPS) is 25.8. The van der Waals surface area contributed by atoms with Crippen molar-refractivity contribution in [2.45, 2.75) is 103 Å². The molecule has 0 aromatic heterocycles. The van der Waals surface area contributed by atoms with Crippen LogP contribution in [0.1, 0.15) is 108 Å². The summed E-state index contributed by atoms with van der Waals surface area (Å²) >= 11 is 0. The molecule has 1 aliphatic carbocycles. The Balaban J connectivity index is 1.27. The Morgan fingerprint density at radius 2 is 1.27 bits per heavy atom. The van der Waals surface area contributed by atoms with E-state index in [9.17, 15) is 0 Å². The van der Waals surface area contributed by atoms with Crippen LogP contribution in [0.4, 0.5) is 0 Å². The van der Waals surface area contributed by atoms with Gasteiger partial charge in [-0.15, -0.1) is 0 Å². The highest BCUT2D eigenvalue weighted by molar-refractivity contribution is 5.64. The lowest BCUT2D eigenvalue weighted by molar-refractivity contribution is -0.137. The van der Waals surface area contributed by atoms with Crippen molar-refractivity contribution in [3.05, 3.63) is 59.7 Å². The van der Waals surface area contributed by atoms with Gasteiger partial charge in [-0.05, 0) is 66.2 Å². The van der Waals surface area contributed by atoms with Gasteiger partial charge < -0.3 is 9.47 Å². The average molecular weight is 449 g/mol. The summed E-state index contributed by atoms with van der Waals surface area (Å²) in [5.41, 5.74) is 5.34. The largest absolute Gasteiger partial charge is 0.373 e. The second-order valence-electron chi connectivity index (χ2n) is 10.4. The highest BCUT2D eigenvalue weighted by Gasteiger charge is 2.24. The zero-order valence-electron chi connectivity index (χ0n) is 20.9. The maximum absolute atomic E-state index is 6.11. The minimum atomic E-state index is 0.0661. The van der Waals surface area contributed by atoms with E-state index in [-0.39, 0.29) is 12.2 Å². The smallest absolute Gasteiger partial charge is 0.106 e. The molecule has 2 heteroatoms. The summed E-state index contributed by atoms with van der Waals surface area (Å²) < 4.78 is 12.2. The summed E-state index contributed by atoms with van der Waals surface area (Å²) in [6, 6.07) is 18.3. The lowest BCUT2D eigenvalue weighted by Gasteiger charge is -2.30. The van der Waals surface area contributed by atoms with Crippen molar-refractivity contribution in [3.63, 3.8) is 0 Å². The Kier molecular flexibility index (Phi) is 9.44. The Morgan fingerprint density at radius 1 is 0.636 bits per heavy atom. The van der Waals surface area contributed by atoms with Crippen LogP contribution in [0.15, 0.2) is 48.5 Å². The molecule has 0 bridgehead atoms. The topological polar surface area (TPSA) is 18.5 Å². The van der Waals surface area contributed by atoms with Gasteiger partial charge in [-0.25, -0.2) is 0 Å². The van der Waals surface area contributed by atoms with Crippen LogP contribution >= 0.6 is 0 Å². The fourth-order valence-corrected chi connectivity index (χ4v) is 5.64. The molecule has 0 N–H and O–H groups in total. The van der Waals surface area contributed by atoms with Gasteiger partial charge in [0.05, 0.1) is 19.3 Å². The molecule has 0 unspecified atom stereocenters. The molecule has 2 aromatic carbocycles. The molecule has 0 spiro atoms. The molecule has 2 fully saturated rings. The zero-order valence-corrected chi connectivity index (χ0v) is 20.9. The summed E-state index contributed by atoms with van der Waals surface area (Å²) in [7, 11) is 0. The lowest BCUT2D eigenvalue weighted by Crippen LogP contribution is -2.31. The van der Waals surface area contributed by atoms with E-state index >= 15 is 0 Å². The van der Waals surface area contributed by atoms with Gasteiger partial charge in [0.15, 0.2) is 0 Å². The number of rotatable bonds is 10. The molecule has 2 atom stereocenters. The maximum Gasteiger partial charge on any atom is 0.106 e. The van der Waals surface area contributed by atoms with E-state index in [0.717, 1.165) is 18.3 Å². The summed E-state index contributed by atoms with van der Waals surface area (Å²) in [6.45, 7) is 5.91. The van der Waals surface area contributed by atoms with Crippen LogP contribution in [0.5, 0.6) is 0 Å². The van der Waals surface area contributed by atoms with Crippen LogP contribution < -0.4 is 0 Å². The molecule has 180 valence electrons. The van der Waals surface area contributed by atoms with Gasteiger partial charge in [0.25, 0.3) is 0 Å². The van der Waals surface area contributed by atoms with E-state index < -0.39 is 0 Å². The second-order valence-corrected chi connectivity index (χ2v) is 10.4. The fraction of sp³-hybridized carbons (Fsp3) is 0.613. The van der Waals surface area contributed by atoms with Crippen LogP contribution in [0.3, 0.4) is 0 Å². The standard InChI is InChI=1S/C31H44O2/c1-3-5-7-8-24-10-12-25(13-11-24)26-14-16-27(17-15-26)28-18-20-29(21-19-28)31-23-32-30(22-33-31)9-6-4-2/h14-21,24-25,30-31H,3-13,22-23H2,1-2H3/t24?,25?,30-,31-/m1/s1. The monoisotopic (exact) mass is 448 g/mol. The lowest BCUT2D eigenvalue weighted by atomic mass is 9.77. The van der Waals surface area contributed by atoms with Gasteiger partial charge in [0.1, 0.15) is 6.10 Å². The number of hydrogen-bond acceptors (Lipinski definition) is 2. The number of ether oxygens (including phenoxy) is 2. The first-order chi connectivity index (χ1) is 16.3. The third kappa shape index (κ3) is 6.93. The van der Waals surface area contributed by atoms with Crippen molar-refractivity contribution < 1.29 is 9.47 Å². The molecule has 1 aliphatic heterocycles. The first-order valence-corrected chi connectivity index (χ1v) is 13.7. The number of unbranched alkanes of at least 4 members (excludes halogenated alkanes) is 3. The maximum atomic E-state index is 6.11. The predicted octanol–water partition coefficient (Wildman–Crippen LogP) is 8.85. The van der Waals surface area contributed by atoms with Gasteiger partial charge in [0, 0.05) is 0 Å². The van der Waals surface area contributed by atoms with Crippen molar-refractivity contribution in [3.8, 4) is 11.1 Å². The summed E-state index contributed by atoms with van der Waals surface area (Å²) in [4.78, 5) is 0. The van der Waals surface area contributed by atoms with Crippen molar-refractivity contribution in [1.82, 2.24) is 0 Å². The first kappa shape index (κ1) is 24.5. The predicted molar refractivity (Wildman–Crippen MR) is 139 cm³/mol. The Hall–Kier alpha value is -1.64. The van der Waals surface area contributed by atoms with E-state index in [2.05, 4.69) is 62.4 Å². The van der Waals surface area contributed by atoms with Gasteiger partial charge in [-0.2, -0.15) is 0 Å². The van der Waals surface area contributed by atoms with Crippen LogP contribution in [0.25, 0.3) is 11.1 Å². The van der Waals surface area contributed by atoms with Gasteiger partial charge in [-0.3, -0.25) is 0 Å². The van der Waals surface area contributed by atoms with Gasteiger partial charge in [0.2, 0.25) is 0 Å². The molecular formula is C31H44O2. The zero-order chi connectivity index (χ0) is 22.9. The molecule has 0 amide bonds. The second kappa shape index (κ2) is 12.7. The summed E-state index contributed by atoms with van der Waals surface area (Å²) in [5.74, 6) is 1.74. The average Bonchev–Trinajstić information content (AvgIpc) is 2.89. The van der Waals surface area contributed by atoms with Crippen LogP contribution in [0, 0.1) is 5.92 Å². The van der Waals surface area contributed by atoms with E-state index in [1.54, 1.807) is 0 Å². The first-order valence-electron chi connectivity index (χ1n) is 13.7. The van der Waals surface area contributed by atoms with E-state index in [1.807, 2.05) is 0 Å². The third-order valence-electron chi connectivity index (χ3n) is 7.91. The molecule has 2 nitrogen and oxygen atoms in total. The van der Waals surface area contributed by atoms with Crippen LogP contribution in [-0.2, 0) is 9.47 Å². The Bertz CT molecular complexity index is 794. The highest BCUT2D eigenvalue weighted by Crippen LogP contribution is 2.38. The van der Waals surface area contributed by atoms with Gasteiger partial charge >= 0.3 is 0 Å². The quantitative estimate of drug-likeness (QED) is 0.338. The molecule has 0 radical (unpaired) electrons. The molecular weight excluding hydrogens is 404 g/mol. The molecule has 1 heterocycles. The third-order valence-corrected chi connectivity index (χ3v) is 7.91. The number of benzene rings is 2. The molecule has 4 rings (SSSR count). The number of hydrogen-bond donors (Lipinski definition) is 0. The highest BCUT2D eigenvalue weighted by atomic mass is 16.6. The van der Waals surface area contributed by atoms with Crippen molar-refractivity contribution in [1.29, 1.82) is 0 Å². The van der Waals surface area contributed by atoms with Crippen molar-refractivity contribution in [2.24, 2.45) is 5.92 Å². The van der Waals surface area contributed by atoms with Crippen molar-refractivity contribution in [2.75, 3.05) is 13.2 Å².